The lowest BCUT2D eigenvalue weighted by Crippen LogP contribution is -2.43. The Morgan fingerprint density at radius 1 is 1.27 bits per heavy atom. The molecule has 2 unspecified atom stereocenters. The Balaban J connectivity index is 1.74. The van der Waals surface area contributed by atoms with Crippen molar-refractivity contribution in [2.24, 2.45) is 0 Å². The largest absolute Gasteiger partial charge is 0.367 e. The van der Waals surface area contributed by atoms with Crippen molar-refractivity contribution in [1.82, 2.24) is 9.88 Å². The number of pyridine rings is 1. The molecule has 0 N–H and O–H groups in total. The number of carbonyl (C=O) groups excluding carboxylic acids is 1. The van der Waals surface area contributed by atoms with Crippen LogP contribution in [0.25, 0.3) is 0 Å². The van der Waals surface area contributed by atoms with Crippen LogP contribution in [0.3, 0.4) is 0 Å². The fourth-order valence-electron chi connectivity index (χ4n) is 4.19. The van der Waals surface area contributed by atoms with Gasteiger partial charge in [0.25, 0.3) is 5.91 Å². The van der Waals surface area contributed by atoms with Gasteiger partial charge in [0.2, 0.25) is 0 Å². The van der Waals surface area contributed by atoms with E-state index in [1.54, 1.807) is 12.3 Å². The monoisotopic (exact) mass is 379 g/mol. The molecule has 6 nitrogen and oxygen atoms in total. The van der Waals surface area contributed by atoms with Gasteiger partial charge in [-0.25, -0.2) is 13.4 Å². The minimum atomic E-state index is -2.93. The molecule has 0 bridgehead atoms. The van der Waals surface area contributed by atoms with Gasteiger partial charge in [0.1, 0.15) is 5.69 Å². The van der Waals surface area contributed by atoms with E-state index in [1.165, 1.54) is 6.42 Å². The second kappa shape index (κ2) is 7.94. The number of amides is 1. The Bertz CT molecular complexity index is 733. The van der Waals surface area contributed by atoms with Crippen molar-refractivity contribution < 1.29 is 13.2 Å². The summed E-state index contributed by atoms with van der Waals surface area (Å²) in [5.74, 6) is 0.466. The number of hydrogen-bond acceptors (Lipinski definition) is 5. The lowest BCUT2D eigenvalue weighted by molar-refractivity contribution is 0.0602. The number of nitrogens with zero attached hydrogens (tertiary/aromatic N) is 3. The van der Waals surface area contributed by atoms with Crippen LogP contribution in [0.2, 0.25) is 0 Å². The third-order valence-corrected chi connectivity index (χ3v) is 7.40. The fraction of sp³-hybridized carbons (Fsp3) is 0.684. The molecule has 1 amide bonds. The van der Waals surface area contributed by atoms with Gasteiger partial charge in [-0.05, 0) is 51.2 Å². The van der Waals surface area contributed by atoms with Crippen LogP contribution in [0.4, 0.5) is 5.69 Å². The van der Waals surface area contributed by atoms with Crippen molar-refractivity contribution >= 4 is 21.4 Å². The van der Waals surface area contributed by atoms with Crippen molar-refractivity contribution in [3.05, 3.63) is 24.0 Å². The molecule has 3 heterocycles. The molecule has 0 radical (unpaired) electrons. The molecule has 2 aliphatic rings. The minimum absolute atomic E-state index is 0.0000761. The Kier molecular flexibility index (Phi) is 5.85. The lowest BCUT2D eigenvalue weighted by atomic mass is 9.99. The molecule has 2 saturated heterocycles. The summed E-state index contributed by atoms with van der Waals surface area (Å²) in [6.07, 6.45) is 6.66. The molecule has 7 heteroatoms. The van der Waals surface area contributed by atoms with Gasteiger partial charge in [-0.2, -0.15) is 0 Å². The maximum Gasteiger partial charge on any atom is 0.272 e. The van der Waals surface area contributed by atoms with Gasteiger partial charge in [0.05, 0.1) is 23.4 Å². The molecule has 2 atom stereocenters. The SMILES string of the molecule is CCC1CCCCN1C(=O)c1ccc(N(CC)C2CCS(=O)(=O)C2)cn1. The molecule has 2 fully saturated rings. The highest BCUT2D eigenvalue weighted by molar-refractivity contribution is 7.91. The zero-order valence-corrected chi connectivity index (χ0v) is 16.5. The van der Waals surface area contributed by atoms with Crippen LogP contribution in [-0.2, 0) is 9.84 Å². The van der Waals surface area contributed by atoms with Crippen LogP contribution in [0.5, 0.6) is 0 Å². The first-order valence-corrected chi connectivity index (χ1v) is 11.5. The molecule has 26 heavy (non-hydrogen) atoms. The number of rotatable bonds is 5. The summed E-state index contributed by atoms with van der Waals surface area (Å²) in [7, 11) is -2.93. The van der Waals surface area contributed by atoms with E-state index in [1.807, 2.05) is 17.9 Å². The molecule has 1 aromatic heterocycles. The molecular formula is C19H29N3O3S. The summed E-state index contributed by atoms with van der Waals surface area (Å²) in [5, 5.41) is 0. The van der Waals surface area contributed by atoms with Gasteiger partial charge in [0, 0.05) is 25.2 Å². The van der Waals surface area contributed by atoms with E-state index in [4.69, 9.17) is 0 Å². The molecule has 1 aromatic rings. The second-order valence-corrected chi connectivity index (χ2v) is 9.53. The number of aromatic nitrogens is 1. The molecular weight excluding hydrogens is 350 g/mol. The van der Waals surface area contributed by atoms with Gasteiger partial charge < -0.3 is 9.80 Å². The van der Waals surface area contributed by atoms with Gasteiger partial charge in [-0.1, -0.05) is 6.92 Å². The predicted molar refractivity (Wildman–Crippen MR) is 103 cm³/mol. The highest BCUT2D eigenvalue weighted by atomic mass is 32.2. The van der Waals surface area contributed by atoms with E-state index in [0.29, 0.717) is 18.2 Å². The highest BCUT2D eigenvalue weighted by Gasteiger charge is 2.32. The van der Waals surface area contributed by atoms with Crippen LogP contribution in [-0.4, -0.2) is 60.9 Å². The Hall–Kier alpha value is -1.63. The van der Waals surface area contributed by atoms with Crippen LogP contribution in [0, 0.1) is 0 Å². The summed E-state index contributed by atoms with van der Waals surface area (Å²) >= 11 is 0. The van der Waals surface area contributed by atoms with Crippen molar-refractivity contribution in [2.75, 3.05) is 29.5 Å². The number of piperidine rings is 1. The average Bonchev–Trinajstić information content (AvgIpc) is 3.02. The number of likely N-dealkylation sites (tertiary alicyclic amines) is 1. The minimum Gasteiger partial charge on any atom is -0.367 e. The number of hydrogen-bond donors (Lipinski definition) is 0. The first kappa shape index (κ1) is 19.1. The smallest absolute Gasteiger partial charge is 0.272 e. The molecule has 0 spiro atoms. The summed E-state index contributed by atoms with van der Waals surface area (Å²) < 4.78 is 23.6. The maximum atomic E-state index is 12.8. The van der Waals surface area contributed by atoms with E-state index in [9.17, 15) is 13.2 Å². The maximum absolute atomic E-state index is 12.8. The van der Waals surface area contributed by atoms with Gasteiger partial charge >= 0.3 is 0 Å². The van der Waals surface area contributed by atoms with E-state index < -0.39 is 9.84 Å². The van der Waals surface area contributed by atoms with E-state index in [-0.39, 0.29) is 23.5 Å². The van der Waals surface area contributed by atoms with E-state index in [2.05, 4.69) is 16.8 Å². The second-order valence-electron chi connectivity index (χ2n) is 7.30. The molecule has 3 rings (SSSR count). The van der Waals surface area contributed by atoms with Crippen LogP contribution in [0.1, 0.15) is 56.4 Å². The Labute approximate surface area is 156 Å². The van der Waals surface area contributed by atoms with Crippen LogP contribution < -0.4 is 4.90 Å². The first-order chi connectivity index (χ1) is 12.4. The number of carbonyl (C=O) groups is 1. The quantitative estimate of drug-likeness (QED) is 0.786. The van der Waals surface area contributed by atoms with Crippen molar-refractivity contribution in [2.45, 2.75) is 58.0 Å². The summed E-state index contributed by atoms with van der Waals surface area (Å²) in [4.78, 5) is 21.3. The molecule has 0 aliphatic carbocycles. The topological polar surface area (TPSA) is 70.6 Å². The van der Waals surface area contributed by atoms with Crippen molar-refractivity contribution in [3.8, 4) is 0 Å². The first-order valence-electron chi connectivity index (χ1n) is 9.69. The fourth-order valence-corrected chi connectivity index (χ4v) is 5.93. The summed E-state index contributed by atoms with van der Waals surface area (Å²) in [6.45, 7) is 5.67. The van der Waals surface area contributed by atoms with Gasteiger partial charge in [0.15, 0.2) is 9.84 Å². The summed E-state index contributed by atoms with van der Waals surface area (Å²) in [5.41, 5.74) is 1.36. The standard InChI is InChI=1S/C19H29N3O3S/c1-3-15-7-5-6-11-22(15)19(23)18-9-8-16(13-20-18)21(4-2)17-10-12-26(24,25)14-17/h8-9,13,15,17H,3-7,10-12,14H2,1-2H3. The normalized spacial score (nSPS) is 25.2. The average molecular weight is 380 g/mol. The Morgan fingerprint density at radius 3 is 2.65 bits per heavy atom. The Morgan fingerprint density at radius 2 is 2.08 bits per heavy atom. The zero-order chi connectivity index (χ0) is 18.7. The van der Waals surface area contributed by atoms with Crippen LogP contribution >= 0.6 is 0 Å². The predicted octanol–water partition coefficient (Wildman–Crippen LogP) is 2.50. The van der Waals surface area contributed by atoms with Gasteiger partial charge in [-0.15, -0.1) is 0 Å². The lowest BCUT2D eigenvalue weighted by Gasteiger charge is -2.35. The molecule has 0 aromatic carbocycles. The van der Waals surface area contributed by atoms with Crippen molar-refractivity contribution in [1.29, 1.82) is 0 Å². The van der Waals surface area contributed by atoms with Crippen molar-refractivity contribution in [3.63, 3.8) is 0 Å². The van der Waals surface area contributed by atoms with E-state index >= 15 is 0 Å². The molecule has 2 aliphatic heterocycles. The summed E-state index contributed by atoms with van der Waals surface area (Å²) in [6, 6.07) is 4.00. The third-order valence-electron chi connectivity index (χ3n) is 5.65. The highest BCUT2D eigenvalue weighted by Crippen LogP contribution is 2.25. The molecule has 0 saturated carbocycles. The molecule has 144 valence electrons. The number of anilines is 1. The van der Waals surface area contributed by atoms with Crippen LogP contribution in [0.15, 0.2) is 18.3 Å². The van der Waals surface area contributed by atoms with E-state index in [0.717, 1.165) is 38.0 Å². The number of sulfone groups is 1. The van der Waals surface area contributed by atoms with Gasteiger partial charge in [-0.3, -0.25) is 4.79 Å². The zero-order valence-electron chi connectivity index (χ0n) is 15.7. The third kappa shape index (κ3) is 4.03.